The molecule has 4 rings (SSSR count). The molecule has 5 heteroatoms. The maximum Gasteiger partial charge on any atom is 0.244 e. The Morgan fingerprint density at radius 3 is 2.71 bits per heavy atom. The number of nitrogens with zero attached hydrogens (tertiary/aromatic N) is 2. The first kappa shape index (κ1) is 15.1. The van der Waals surface area contributed by atoms with Crippen molar-refractivity contribution in [2.75, 3.05) is 18.5 Å². The molecule has 2 heterocycles. The lowest BCUT2D eigenvalue weighted by molar-refractivity contribution is -0.122. The van der Waals surface area contributed by atoms with Gasteiger partial charge >= 0.3 is 0 Å². The van der Waals surface area contributed by atoms with Crippen molar-refractivity contribution in [2.45, 2.75) is 25.1 Å². The zero-order chi connectivity index (χ0) is 16.7. The number of likely N-dealkylation sites (tertiary alicyclic amines) is 1. The highest BCUT2D eigenvalue weighted by Gasteiger charge is 2.41. The standard InChI is InChI=1S/C19H19FN2O2/c1-21-16-4-2-3-5-18(16)24-15-10-17(19(21)23)22(12-15)11-13-6-8-14(20)9-7-13/h2-9,15,17H,10-12H2,1H3. The molecule has 24 heavy (non-hydrogen) atoms. The Bertz CT molecular complexity index is 762. The minimum absolute atomic E-state index is 0.00533. The average Bonchev–Trinajstić information content (AvgIpc) is 2.98. The Labute approximate surface area is 140 Å². The molecule has 0 aliphatic carbocycles. The maximum absolute atomic E-state index is 13.1. The van der Waals surface area contributed by atoms with Crippen molar-refractivity contribution in [3.05, 3.63) is 59.9 Å². The lowest BCUT2D eigenvalue weighted by Gasteiger charge is -2.29. The minimum atomic E-state index is -0.248. The van der Waals surface area contributed by atoms with Gasteiger partial charge in [0.25, 0.3) is 0 Å². The summed E-state index contributed by atoms with van der Waals surface area (Å²) in [5.41, 5.74) is 1.80. The van der Waals surface area contributed by atoms with Crippen LogP contribution in [0.2, 0.25) is 0 Å². The zero-order valence-corrected chi connectivity index (χ0v) is 13.5. The number of carbonyl (C=O) groups excluding carboxylic acids is 1. The number of anilines is 1. The summed E-state index contributed by atoms with van der Waals surface area (Å²) in [4.78, 5) is 16.7. The molecular weight excluding hydrogens is 307 g/mol. The number of halogens is 1. The Morgan fingerprint density at radius 1 is 1.17 bits per heavy atom. The average molecular weight is 326 g/mol. The Morgan fingerprint density at radius 2 is 1.92 bits per heavy atom. The van der Waals surface area contributed by atoms with E-state index in [0.717, 1.165) is 17.0 Å². The van der Waals surface area contributed by atoms with Gasteiger partial charge in [-0.05, 0) is 29.8 Å². The van der Waals surface area contributed by atoms with Crippen LogP contribution in [-0.2, 0) is 11.3 Å². The molecule has 2 bridgehead atoms. The second kappa shape index (κ2) is 5.91. The van der Waals surface area contributed by atoms with Crippen LogP contribution in [0.25, 0.3) is 0 Å². The van der Waals surface area contributed by atoms with Crippen LogP contribution in [0.4, 0.5) is 10.1 Å². The van der Waals surface area contributed by atoms with Crippen LogP contribution in [0, 0.1) is 5.82 Å². The highest BCUT2D eigenvalue weighted by molar-refractivity contribution is 5.98. The quantitative estimate of drug-likeness (QED) is 0.851. The number of carbonyl (C=O) groups is 1. The number of ether oxygens (including phenoxy) is 1. The summed E-state index contributed by atoms with van der Waals surface area (Å²) in [6.45, 7) is 1.30. The second-order valence-electron chi connectivity index (χ2n) is 6.41. The summed E-state index contributed by atoms with van der Waals surface area (Å²) in [5, 5.41) is 0. The highest BCUT2D eigenvalue weighted by atomic mass is 19.1. The number of hydrogen-bond donors (Lipinski definition) is 0. The fourth-order valence-electron chi connectivity index (χ4n) is 3.56. The van der Waals surface area contributed by atoms with Crippen molar-refractivity contribution >= 4 is 11.6 Å². The molecule has 124 valence electrons. The molecule has 4 nitrogen and oxygen atoms in total. The number of likely N-dealkylation sites (N-methyl/N-ethyl adjacent to an activating group) is 1. The van der Waals surface area contributed by atoms with E-state index in [1.54, 1.807) is 24.1 Å². The number of rotatable bonds is 2. The van der Waals surface area contributed by atoms with Crippen molar-refractivity contribution in [3.8, 4) is 5.75 Å². The first-order valence-corrected chi connectivity index (χ1v) is 8.13. The largest absolute Gasteiger partial charge is 0.487 e. The Kier molecular flexibility index (Phi) is 3.73. The SMILES string of the molecule is CN1C(=O)C2CC(CN2Cc2ccc(F)cc2)Oc2ccccc21. The fourth-order valence-corrected chi connectivity index (χ4v) is 3.56. The summed E-state index contributed by atoms with van der Waals surface area (Å²) in [6, 6.07) is 13.9. The molecule has 1 saturated heterocycles. The van der Waals surface area contributed by atoms with E-state index in [2.05, 4.69) is 4.90 Å². The van der Waals surface area contributed by atoms with E-state index in [-0.39, 0.29) is 23.9 Å². The van der Waals surface area contributed by atoms with Crippen LogP contribution < -0.4 is 9.64 Å². The summed E-state index contributed by atoms with van der Waals surface area (Å²) in [5.74, 6) is 0.581. The van der Waals surface area contributed by atoms with Crippen molar-refractivity contribution < 1.29 is 13.9 Å². The van der Waals surface area contributed by atoms with E-state index >= 15 is 0 Å². The third-order valence-corrected chi connectivity index (χ3v) is 4.80. The second-order valence-corrected chi connectivity index (χ2v) is 6.41. The Balaban J connectivity index is 1.61. The van der Waals surface area contributed by atoms with Crippen LogP contribution in [0.1, 0.15) is 12.0 Å². The van der Waals surface area contributed by atoms with Gasteiger partial charge in [0.05, 0.1) is 11.7 Å². The van der Waals surface area contributed by atoms with Crippen molar-refractivity contribution in [1.82, 2.24) is 4.90 Å². The molecule has 0 spiro atoms. The van der Waals surface area contributed by atoms with Crippen LogP contribution in [0.5, 0.6) is 5.75 Å². The first-order chi connectivity index (χ1) is 11.6. The molecule has 1 fully saturated rings. The fraction of sp³-hybridized carbons (Fsp3) is 0.316. The van der Waals surface area contributed by atoms with Gasteiger partial charge < -0.3 is 9.64 Å². The maximum atomic E-state index is 13.1. The van der Waals surface area contributed by atoms with Gasteiger partial charge in [-0.1, -0.05) is 24.3 Å². The van der Waals surface area contributed by atoms with Gasteiger partial charge in [-0.15, -0.1) is 0 Å². The van der Waals surface area contributed by atoms with Crippen LogP contribution in [0.15, 0.2) is 48.5 Å². The van der Waals surface area contributed by atoms with Crippen molar-refractivity contribution in [3.63, 3.8) is 0 Å². The summed E-state index contributed by atoms with van der Waals surface area (Å²) >= 11 is 0. The third-order valence-electron chi connectivity index (χ3n) is 4.80. The van der Waals surface area contributed by atoms with Crippen molar-refractivity contribution in [2.24, 2.45) is 0 Å². The van der Waals surface area contributed by atoms with Crippen LogP contribution >= 0.6 is 0 Å². The van der Waals surface area contributed by atoms with Crippen molar-refractivity contribution in [1.29, 1.82) is 0 Å². The summed E-state index contributed by atoms with van der Waals surface area (Å²) < 4.78 is 19.2. The van der Waals surface area contributed by atoms with E-state index in [9.17, 15) is 9.18 Å². The van der Waals surface area contributed by atoms with Gasteiger partial charge in [0.15, 0.2) is 0 Å². The van der Waals surface area contributed by atoms with Crippen LogP contribution in [0.3, 0.4) is 0 Å². The highest BCUT2D eigenvalue weighted by Crippen LogP contribution is 2.35. The summed E-state index contributed by atoms with van der Waals surface area (Å²) in [6.07, 6.45) is 0.674. The molecule has 1 amide bonds. The van der Waals surface area contributed by atoms with Gasteiger partial charge in [0.1, 0.15) is 17.7 Å². The number of benzene rings is 2. The van der Waals surface area contributed by atoms with E-state index in [4.69, 9.17) is 4.74 Å². The Hall–Kier alpha value is -2.40. The van der Waals surface area contributed by atoms with Gasteiger partial charge in [-0.3, -0.25) is 9.69 Å². The van der Waals surface area contributed by atoms with Crippen LogP contribution in [-0.4, -0.2) is 36.5 Å². The molecule has 0 saturated carbocycles. The smallest absolute Gasteiger partial charge is 0.244 e. The predicted octanol–water partition coefficient (Wildman–Crippen LogP) is 2.82. The normalized spacial score (nSPS) is 23.4. The molecule has 2 aliphatic heterocycles. The number of para-hydroxylation sites is 2. The van der Waals surface area contributed by atoms with Gasteiger partial charge in [-0.2, -0.15) is 0 Å². The summed E-state index contributed by atoms with van der Waals surface area (Å²) in [7, 11) is 1.79. The zero-order valence-electron chi connectivity index (χ0n) is 13.5. The predicted molar refractivity (Wildman–Crippen MR) is 89.5 cm³/mol. The molecule has 0 N–H and O–H groups in total. The molecule has 2 aromatic carbocycles. The molecule has 2 atom stereocenters. The molecule has 0 radical (unpaired) electrons. The lowest BCUT2D eigenvalue weighted by Crippen LogP contribution is -2.44. The topological polar surface area (TPSA) is 32.8 Å². The lowest BCUT2D eigenvalue weighted by atomic mass is 10.1. The number of fused-ring (bicyclic) bond motifs is 3. The third kappa shape index (κ3) is 2.65. The van der Waals surface area contributed by atoms with E-state index in [1.165, 1.54) is 12.1 Å². The van der Waals surface area contributed by atoms with E-state index < -0.39 is 0 Å². The van der Waals surface area contributed by atoms with Gasteiger partial charge in [0, 0.05) is 26.6 Å². The first-order valence-electron chi connectivity index (χ1n) is 8.13. The van der Waals surface area contributed by atoms with Gasteiger partial charge in [0.2, 0.25) is 5.91 Å². The monoisotopic (exact) mass is 326 g/mol. The molecular formula is C19H19FN2O2. The minimum Gasteiger partial charge on any atom is -0.487 e. The number of hydrogen-bond acceptors (Lipinski definition) is 3. The molecule has 2 aliphatic rings. The molecule has 0 aromatic heterocycles. The number of amides is 1. The van der Waals surface area contributed by atoms with E-state index in [1.807, 2.05) is 24.3 Å². The van der Waals surface area contributed by atoms with E-state index in [0.29, 0.717) is 19.5 Å². The molecule has 2 unspecified atom stereocenters. The van der Waals surface area contributed by atoms with Gasteiger partial charge in [-0.25, -0.2) is 4.39 Å². The molecule has 2 aromatic rings.